The topological polar surface area (TPSA) is 37.8 Å². The highest BCUT2D eigenvalue weighted by molar-refractivity contribution is 5.60. The van der Waals surface area contributed by atoms with Crippen molar-refractivity contribution in [2.24, 2.45) is 0 Å². The molecule has 100 valence electrons. The maximum absolute atomic E-state index is 4.68. The Morgan fingerprint density at radius 2 is 1.68 bits per heavy atom. The van der Waals surface area contributed by atoms with Crippen molar-refractivity contribution in [3.05, 3.63) is 41.1 Å². The molecule has 0 aliphatic carbocycles. The molecule has 0 aliphatic rings. The Balaban J connectivity index is 2.51. The van der Waals surface area contributed by atoms with Gasteiger partial charge in [0.1, 0.15) is 5.82 Å². The highest BCUT2D eigenvalue weighted by Crippen LogP contribution is 2.22. The van der Waals surface area contributed by atoms with E-state index in [1.807, 2.05) is 0 Å². The fourth-order valence-corrected chi connectivity index (χ4v) is 2.08. The molecular weight excluding hydrogens is 234 g/mol. The van der Waals surface area contributed by atoms with E-state index in [9.17, 15) is 0 Å². The first-order valence-corrected chi connectivity index (χ1v) is 6.84. The summed E-state index contributed by atoms with van der Waals surface area (Å²) in [5.74, 6) is 1.75. The van der Waals surface area contributed by atoms with Crippen LogP contribution in [-0.4, -0.2) is 16.5 Å². The van der Waals surface area contributed by atoms with Crippen LogP contribution in [0.2, 0.25) is 0 Å². The summed E-state index contributed by atoms with van der Waals surface area (Å²) in [7, 11) is 0. The normalized spacial score (nSPS) is 10.5. The first kappa shape index (κ1) is 13.5. The maximum atomic E-state index is 4.68. The summed E-state index contributed by atoms with van der Waals surface area (Å²) in [5, 5.41) is 3.32. The number of aromatic nitrogens is 2. The average molecular weight is 255 g/mol. The molecule has 0 spiro atoms. The van der Waals surface area contributed by atoms with Crippen molar-refractivity contribution in [2.75, 3.05) is 11.9 Å². The number of benzene rings is 1. The van der Waals surface area contributed by atoms with Crippen LogP contribution in [-0.2, 0) is 6.42 Å². The van der Waals surface area contributed by atoms with Gasteiger partial charge in [0.25, 0.3) is 0 Å². The third-order valence-electron chi connectivity index (χ3n) is 3.24. The number of aryl methyl sites for hydroxylation is 2. The molecule has 1 N–H and O–H groups in total. The van der Waals surface area contributed by atoms with Gasteiger partial charge in [-0.1, -0.05) is 36.8 Å². The van der Waals surface area contributed by atoms with Gasteiger partial charge in [-0.2, -0.15) is 0 Å². The average Bonchev–Trinajstić information content (AvgIpc) is 2.42. The van der Waals surface area contributed by atoms with E-state index < -0.39 is 0 Å². The summed E-state index contributed by atoms with van der Waals surface area (Å²) in [6.45, 7) is 9.24. The second-order valence-electron chi connectivity index (χ2n) is 4.72. The molecule has 0 unspecified atom stereocenters. The molecule has 1 aromatic heterocycles. The number of nitrogens with zero attached hydrogens (tertiary/aromatic N) is 2. The lowest BCUT2D eigenvalue weighted by Gasteiger charge is -2.12. The molecule has 3 heteroatoms. The molecule has 0 saturated carbocycles. The Labute approximate surface area is 115 Å². The van der Waals surface area contributed by atoms with Gasteiger partial charge in [-0.15, -0.1) is 0 Å². The number of nitrogens with one attached hydrogen (secondary N) is 1. The minimum atomic E-state index is 0.804. The smallest absolute Gasteiger partial charge is 0.161 e. The van der Waals surface area contributed by atoms with Crippen molar-refractivity contribution in [3.8, 4) is 11.4 Å². The minimum Gasteiger partial charge on any atom is -0.370 e. The molecule has 1 aromatic carbocycles. The van der Waals surface area contributed by atoms with Gasteiger partial charge in [0.05, 0.1) is 0 Å². The fourth-order valence-electron chi connectivity index (χ4n) is 2.08. The van der Waals surface area contributed by atoms with Crippen LogP contribution in [0.4, 0.5) is 5.82 Å². The molecule has 0 bridgehead atoms. The van der Waals surface area contributed by atoms with E-state index in [-0.39, 0.29) is 0 Å². The second-order valence-corrected chi connectivity index (χ2v) is 4.72. The molecule has 1 heterocycles. The van der Waals surface area contributed by atoms with E-state index in [4.69, 9.17) is 0 Å². The third kappa shape index (κ3) is 2.92. The van der Waals surface area contributed by atoms with E-state index in [1.54, 1.807) is 0 Å². The Bertz CT molecular complexity index is 559. The van der Waals surface area contributed by atoms with E-state index >= 15 is 0 Å². The van der Waals surface area contributed by atoms with E-state index in [0.717, 1.165) is 41.4 Å². The highest BCUT2D eigenvalue weighted by Gasteiger charge is 2.10. The predicted molar refractivity (Wildman–Crippen MR) is 80.5 cm³/mol. The molecule has 0 aliphatic heterocycles. The molecule has 2 rings (SSSR count). The summed E-state index contributed by atoms with van der Waals surface area (Å²) in [5.41, 5.74) is 4.58. The Morgan fingerprint density at radius 3 is 2.26 bits per heavy atom. The quantitative estimate of drug-likeness (QED) is 0.904. The third-order valence-corrected chi connectivity index (χ3v) is 3.24. The van der Waals surface area contributed by atoms with Crippen molar-refractivity contribution >= 4 is 5.82 Å². The fraction of sp³-hybridized carbons (Fsp3) is 0.375. The largest absolute Gasteiger partial charge is 0.370 e. The molecule has 0 saturated heterocycles. The van der Waals surface area contributed by atoms with E-state index in [0.29, 0.717) is 0 Å². The Hall–Kier alpha value is -1.90. The van der Waals surface area contributed by atoms with Crippen molar-refractivity contribution < 1.29 is 0 Å². The molecule has 0 atom stereocenters. The lowest BCUT2D eigenvalue weighted by Crippen LogP contribution is -2.07. The van der Waals surface area contributed by atoms with Crippen LogP contribution in [0.15, 0.2) is 24.3 Å². The number of hydrogen-bond donors (Lipinski definition) is 1. The molecule has 0 radical (unpaired) electrons. The van der Waals surface area contributed by atoms with Gasteiger partial charge >= 0.3 is 0 Å². The van der Waals surface area contributed by atoms with Crippen LogP contribution in [0.1, 0.15) is 30.7 Å². The zero-order valence-corrected chi connectivity index (χ0v) is 12.1. The van der Waals surface area contributed by atoms with Gasteiger partial charge in [-0.3, -0.25) is 0 Å². The summed E-state index contributed by atoms with van der Waals surface area (Å²) in [6, 6.07) is 8.35. The van der Waals surface area contributed by atoms with Gasteiger partial charge in [-0.25, -0.2) is 9.97 Å². The minimum absolute atomic E-state index is 0.804. The first-order chi connectivity index (χ1) is 9.15. The van der Waals surface area contributed by atoms with Gasteiger partial charge in [0.2, 0.25) is 0 Å². The number of anilines is 1. The molecule has 2 aromatic rings. The van der Waals surface area contributed by atoms with Crippen LogP contribution in [0.5, 0.6) is 0 Å². The molecule has 3 nitrogen and oxygen atoms in total. The monoisotopic (exact) mass is 255 g/mol. The van der Waals surface area contributed by atoms with Gasteiger partial charge in [-0.05, 0) is 27.2 Å². The van der Waals surface area contributed by atoms with E-state index in [1.165, 1.54) is 5.56 Å². The van der Waals surface area contributed by atoms with Crippen molar-refractivity contribution in [1.29, 1.82) is 0 Å². The zero-order valence-electron chi connectivity index (χ0n) is 12.1. The van der Waals surface area contributed by atoms with Crippen LogP contribution in [0, 0.1) is 13.8 Å². The lowest BCUT2D eigenvalue weighted by molar-refractivity contribution is 0.970. The lowest BCUT2D eigenvalue weighted by atomic mass is 10.1. The maximum Gasteiger partial charge on any atom is 0.161 e. The Kier molecular flexibility index (Phi) is 4.15. The second kappa shape index (κ2) is 5.83. The number of hydrogen-bond acceptors (Lipinski definition) is 3. The summed E-state index contributed by atoms with van der Waals surface area (Å²) >= 11 is 0. The summed E-state index contributed by atoms with van der Waals surface area (Å²) < 4.78 is 0. The van der Waals surface area contributed by atoms with Crippen molar-refractivity contribution in [3.63, 3.8) is 0 Å². The SMILES string of the molecule is CCNc1nc(-c2ccc(C)cc2)nc(CC)c1C. The molecular formula is C16H21N3. The van der Waals surface area contributed by atoms with E-state index in [2.05, 4.69) is 67.2 Å². The summed E-state index contributed by atoms with van der Waals surface area (Å²) in [6.07, 6.45) is 0.922. The standard InChI is InChI=1S/C16H21N3/c1-5-14-12(4)15(17-6-2)19-16(18-14)13-9-7-11(3)8-10-13/h7-10H,5-6H2,1-4H3,(H,17,18,19). The van der Waals surface area contributed by atoms with Gasteiger partial charge in [0.15, 0.2) is 5.82 Å². The highest BCUT2D eigenvalue weighted by atomic mass is 15.0. The Morgan fingerprint density at radius 1 is 1.00 bits per heavy atom. The van der Waals surface area contributed by atoms with Gasteiger partial charge < -0.3 is 5.32 Å². The van der Waals surface area contributed by atoms with Crippen LogP contribution >= 0.6 is 0 Å². The molecule has 0 amide bonds. The van der Waals surface area contributed by atoms with Crippen LogP contribution in [0.25, 0.3) is 11.4 Å². The summed E-state index contributed by atoms with van der Waals surface area (Å²) in [4.78, 5) is 9.33. The first-order valence-electron chi connectivity index (χ1n) is 6.84. The van der Waals surface area contributed by atoms with Crippen LogP contribution < -0.4 is 5.32 Å². The zero-order chi connectivity index (χ0) is 13.8. The van der Waals surface area contributed by atoms with Gasteiger partial charge in [0, 0.05) is 23.4 Å². The molecule has 0 fully saturated rings. The number of rotatable bonds is 4. The van der Waals surface area contributed by atoms with Crippen molar-refractivity contribution in [1.82, 2.24) is 9.97 Å². The predicted octanol–water partition coefficient (Wildman–Crippen LogP) is 3.75. The van der Waals surface area contributed by atoms with Crippen molar-refractivity contribution in [2.45, 2.75) is 34.1 Å². The van der Waals surface area contributed by atoms with Crippen LogP contribution in [0.3, 0.4) is 0 Å². The molecule has 19 heavy (non-hydrogen) atoms.